The Kier molecular flexibility index (Phi) is 6.72. The van der Waals surface area contributed by atoms with Gasteiger partial charge in [-0.2, -0.15) is 0 Å². The zero-order valence-corrected chi connectivity index (χ0v) is 19.8. The van der Waals surface area contributed by atoms with Gasteiger partial charge >= 0.3 is 5.97 Å². The number of carbonyl (C=O) groups is 2. The number of nitrogens with one attached hydrogen (secondary N) is 2. The lowest BCUT2D eigenvalue weighted by molar-refractivity contribution is 0.0600. The van der Waals surface area contributed by atoms with Crippen molar-refractivity contribution in [3.63, 3.8) is 0 Å². The third-order valence-corrected chi connectivity index (χ3v) is 6.50. The number of hydrogen-bond acceptors (Lipinski definition) is 7. The Morgan fingerprint density at radius 1 is 1.03 bits per heavy atom. The molecular formula is C27H29N5O3. The lowest BCUT2D eigenvalue weighted by atomic mass is 10.1. The molecule has 0 aliphatic carbocycles. The van der Waals surface area contributed by atoms with E-state index < -0.39 is 5.97 Å². The normalized spacial score (nSPS) is 14.3. The first-order valence-electron chi connectivity index (χ1n) is 12.1. The van der Waals surface area contributed by atoms with Crippen molar-refractivity contribution in [1.82, 2.24) is 19.9 Å². The number of fused-ring (bicyclic) bond motifs is 3. The first-order valence-corrected chi connectivity index (χ1v) is 12.1. The minimum Gasteiger partial charge on any atom is -0.465 e. The van der Waals surface area contributed by atoms with Gasteiger partial charge in [0.1, 0.15) is 11.5 Å². The highest BCUT2D eigenvalue weighted by atomic mass is 16.5. The minimum absolute atomic E-state index is 0.127. The number of hydrogen-bond donors (Lipinski definition) is 2. The van der Waals surface area contributed by atoms with Crippen LogP contribution in [0.4, 0.5) is 5.82 Å². The van der Waals surface area contributed by atoms with E-state index in [1.54, 1.807) is 24.3 Å². The molecule has 0 spiro atoms. The molecule has 0 bridgehead atoms. The number of H-pyrrole nitrogens is 1. The number of methoxy groups -OCH3 is 1. The van der Waals surface area contributed by atoms with Crippen molar-refractivity contribution >= 4 is 39.5 Å². The molecule has 1 fully saturated rings. The molecule has 2 aromatic carbocycles. The Balaban J connectivity index is 1.49. The van der Waals surface area contributed by atoms with Crippen molar-refractivity contribution in [2.24, 2.45) is 0 Å². The molecule has 1 saturated heterocycles. The van der Waals surface area contributed by atoms with Gasteiger partial charge < -0.3 is 19.9 Å². The monoisotopic (exact) mass is 471 g/mol. The van der Waals surface area contributed by atoms with E-state index in [0.29, 0.717) is 22.6 Å². The van der Waals surface area contributed by atoms with Gasteiger partial charge in [0, 0.05) is 23.0 Å². The Morgan fingerprint density at radius 2 is 1.83 bits per heavy atom. The number of anilines is 1. The summed E-state index contributed by atoms with van der Waals surface area (Å²) < 4.78 is 4.86. The average molecular weight is 472 g/mol. The maximum absolute atomic E-state index is 13.1. The molecule has 3 heterocycles. The molecule has 0 radical (unpaired) electrons. The van der Waals surface area contributed by atoms with Crippen LogP contribution < -0.4 is 5.32 Å². The van der Waals surface area contributed by atoms with Gasteiger partial charge in [-0.1, -0.05) is 42.8 Å². The molecule has 0 saturated carbocycles. The van der Waals surface area contributed by atoms with Crippen LogP contribution in [0.3, 0.4) is 0 Å². The number of carbonyl (C=O) groups excluding carboxylic acids is 2. The smallest absolute Gasteiger partial charge is 0.337 e. The molecule has 4 aromatic rings. The first kappa shape index (κ1) is 23.0. The number of benzene rings is 2. The van der Waals surface area contributed by atoms with Crippen LogP contribution in [0.1, 0.15) is 52.2 Å². The maximum atomic E-state index is 13.1. The molecule has 180 valence electrons. The number of ketones is 1. The number of esters is 1. The van der Waals surface area contributed by atoms with Gasteiger partial charge in [-0.3, -0.25) is 4.79 Å². The maximum Gasteiger partial charge on any atom is 0.337 e. The summed E-state index contributed by atoms with van der Waals surface area (Å²) in [7, 11) is 1.36. The zero-order valence-electron chi connectivity index (χ0n) is 19.8. The Hall–Kier alpha value is -3.78. The van der Waals surface area contributed by atoms with Crippen LogP contribution in [0.5, 0.6) is 0 Å². The number of aromatic amines is 1. The van der Waals surface area contributed by atoms with Crippen LogP contribution in [0, 0.1) is 0 Å². The molecule has 0 unspecified atom stereocenters. The number of piperidine rings is 1. The largest absolute Gasteiger partial charge is 0.465 e. The number of likely N-dealkylation sites (tertiary alicyclic amines) is 1. The van der Waals surface area contributed by atoms with Gasteiger partial charge in [0.15, 0.2) is 0 Å². The Morgan fingerprint density at radius 3 is 2.60 bits per heavy atom. The van der Waals surface area contributed by atoms with E-state index in [1.807, 2.05) is 24.3 Å². The van der Waals surface area contributed by atoms with Gasteiger partial charge in [0.2, 0.25) is 11.6 Å². The summed E-state index contributed by atoms with van der Waals surface area (Å²) in [5, 5.41) is 5.14. The lowest BCUT2D eigenvalue weighted by Crippen LogP contribution is -2.31. The highest BCUT2D eigenvalue weighted by molar-refractivity contribution is 6.14. The van der Waals surface area contributed by atoms with Crippen LogP contribution in [-0.2, 0) is 4.74 Å². The van der Waals surface area contributed by atoms with Crippen LogP contribution in [0.15, 0.2) is 48.5 Å². The second-order valence-electron chi connectivity index (χ2n) is 8.87. The summed E-state index contributed by atoms with van der Waals surface area (Å²) >= 11 is 0. The van der Waals surface area contributed by atoms with E-state index in [4.69, 9.17) is 4.74 Å². The van der Waals surface area contributed by atoms with Crippen LogP contribution in [-0.4, -0.2) is 64.9 Å². The Labute approximate surface area is 203 Å². The predicted molar refractivity (Wildman–Crippen MR) is 136 cm³/mol. The third kappa shape index (κ3) is 4.88. The first-order chi connectivity index (χ1) is 17.1. The van der Waals surface area contributed by atoms with E-state index in [1.165, 1.54) is 39.5 Å². The van der Waals surface area contributed by atoms with Gasteiger partial charge in [-0.15, -0.1) is 0 Å². The summed E-state index contributed by atoms with van der Waals surface area (Å²) in [6.45, 7) is 4.10. The molecule has 0 amide bonds. The van der Waals surface area contributed by atoms with Crippen molar-refractivity contribution < 1.29 is 14.3 Å². The van der Waals surface area contributed by atoms with Crippen LogP contribution >= 0.6 is 0 Å². The number of ether oxygens (including phenoxy) is 1. The van der Waals surface area contributed by atoms with Crippen LogP contribution in [0.25, 0.3) is 21.9 Å². The molecule has 2 N–H and O–H groups in total. The van der Waals surface area contributed by atoms with Crippen molar-refractivity contribution in [3.8, 4) is 0 Å². The summed E-state index contributed by atoms with van der Waals surface area (Å²) in [4.78, 5) is 40.2. The molecule has 8 heteroatoms. The quantitative estimate of drug-likeness (QED) is 0.223. The van der Waals surface area contributed by atoms with Gasteiger partial charge in [0.25, 0.3) is 0 Å². The molecular weight excluding hydrogens is 442 g/mol. The number of nitrogens with zero attached hydrogens (tertiary/aromatic N) is 3. The lowest BCUT2D eigenvalue weighted by Gasteiger charge is -2.26. The molecule has 1 aliphatic rings. The number of aromatic nitrogens is 3. The summed E-state index contributed by atoms with van der Waals surface area (Å²) in [6, 6.07) is 14.4. The summed E-state index contributed by atoms with van der Waals surface area (Å²) in [5.41, 5.74) is 2.26. The van der Waals surface area contributed by atoms with Crippen molar-refractivity contribution in [3.05, 3.63) is 65.5 Å². The van der Waals surface area contributed by atoms with Crippen molar-refractivity contribution in [2.75, 3.05) is 38.6 Å². The second-order valence-corrected chi connectivity index (χ2v) is 8.87. The third-order valence-electron chi connectivity index (χ3n) is 6.50. The standard InChI is InChI=1S/C27H29N5O3/c1-35-27(34)19-11-12-20-21(17-19)29-25-22(20)24(28-13-8-16-32-14-6-3-7-15-32)30-26(31-25)23(33)18-9-4-2-5-10-18/h2,4-5,9-12,17H,3,6-8,13-16H2,1H3,(H2,28,29,30,31). The van der Waals surface area contributed by atoms with Gasteiger partial charge in [-0.25, -0.2) is 14.8 Å². The molecule has 5 rings (SSSR count). The SMILES string of the molecule is COC(=O)c1ccc2c(c1)[nH]c1nc(C(=O)c3ccccc3)nc(NCCCN3CCCCC3)c12. The highest BCUT2D eigenvalue weighted by Gasteiger charge is 2.20. The van der Waals surface area contributed by atoms with E-state index in [0.717, 1.165) is 35.8 Å². The fraction of sp³-hybridized carbons (Fsp3) is 0.333. The fourth-order valence-electron chi connectivity index (χ4n) is 4.68. The second kappa shape index (κ2) is 10.2. The highest BCUT2D eigenvalue weighted by Crippen LogP contribution is 2.31. The molecule has 0 atom stereocenters. The molecule has 1 aliphatic heterocycles. The van der Waals surface area contributed by atoms with Crippen molar-refractivity contribution in [2.45, 2.75) is 25.7 Å². The molecule has 2 aromatic heterocycles. The topological polar surface area (TPSA) is 100 Å². The summed E-state index contributed by atoms with van der Waals surface area (Å²) in [6.07, 6.45) is 4.84. The van der Waals surface area contributed by atoms with Gasteiger partial charge in [-0.05, 0) is 51.0 Å². The van der Waals surface area contributed by atoms with E-state index in [-0.39, 0.29) is 11.6 Å². The Bertz CT molecular complexity index is 1360. The van der Waals surface area contributed by atoms with E-state index in [2.05, 4.69) is 25.2 Å². The minimum atomic E-state index is -0.410. The van der Waals surface area contributed by atoms with E-state index in [9.17, 15) is 9.59 Å². The number of rotatable bonds is 8. The van der Waals surface area contributed by atoms with E-state index >= 15 is 0 Å². The zero-order chi connectivity index (χ0) is 24.2. The molecule has 35 heavy (non-hydrogen) atoms. The fourth-order valence-corrected chi connectivity index (χ4v) is 4.68. The predicted octanol–water partition coefficient (Wildman–Crippen LogP) is 4.42. The average Bonchev–Trinajstić information content (AvgIpc) is 3.29. The van der Waals surface area contributed by atoms with Gasteiger partial charge in [0.05, 0.1) is 18.1 Å². The molecule has 8 nitrogen and oxygen atoms in total. The summed E-state index contributed by atoms with van der Waals surface area (Å²) in [5.74, 6) is 0.0948. The van der Waals surface area contributed by atoms with Crippen molar-refractivity contribution in [1.29, 1.82) is 0 Å². The van der Waals surface area contributed by atoms with Crippen LogP contribution in [0.2, 0.25) is 0 Å².